The van der Waals surface area contributed by atoms with E-state index in [1.54, 1.807) is 13.1 Å². The Kier molecular flexibility index (Phi) is 6.16. The number of rotatable bonds is 5. The number of pyridine rings is 1. The zero-order valence-corrected chi connectivity index (χ0v) is 18.0. The number of anilines is 1. The van der Waals surface area contributed by atoms with Gasteiger partial charge in [-0.1, -0.05) is 23.7 Å². The van der Waals surface area contributed by atoms with Crippen molar-refractivity contribution in [3.63, 3.8) is 0 Å². The SMILES string of the molecule is Cc1nc(-c2ccc(NC3CCN(Cc4ccc(Cl)cc4)CC3)nc2)[nH]c(=O)c1C. The van der Waals surface area contributed by atoms with Crippen molar-refractivity contribution < 1.29 is 0 Å². The zero-order valence-electron chi connectivity index (χ0n) is 17.3. The minimum Gasteiger partial charge on any atom is -0.367 e. The fraction of sp³-hybridized carbons (Fsp3) is 0.348. The molecule has 1 saturated heterocycles. The molecule has 1 aliphatic rings. The smallest absolute Gasteiger partial charge is 0.254 e. The molecule has 0 unspecified atom stereocenters. The molecule has 6 nitrogen and oxygen atoms in total. The lowest BCUT2D eigenvalue weighted by atomic mass is 10.0. The van der Waals surface area contributed by atoms with Crippen molar-refractivity contribution in [1.82, 2.24) is 19.9 Å². The van der Waals surface area contributed by atoms with E-state index in [9.17, 15) is 4.79 Å². The summed E-state index contributed by atoms with van der Waals surface area (Å²) in [6, 6.07) is 12.4. The van der Waals surface area contributed by atoms with Gasteiger partial charge in [-0.05, 0) is 56.5 Å². The van der Waals surface area contributed by atoms with Crippen LogP contribution in [0.25, 0.3) is 11.4 Å². The molecule has 2 N–H and O–H groups in total. The van der Waals surface area contributed by atoms with E-state index in [-0.39, 0.29) is 5.56 Å². The van der Waals surface area contributed by atoms with Crippen molar-refractivity contribution in [1.29, 1.82) is 0 Å². The largest absolute Gasteiger partial charge is 0.367 e. The lowest BCUT2D eigenvalue weighted by molar-refractivity contribution is 0.211. The Labute approximate surface area is 181 Å². The minimum atomic E-state index is -0.106. The molecule has 2 aromatic heterocycles. The quantitative estimate of drug-likeness (QED) is 0.644. The Balaban J connectivity index is 1.32. The third-order valence-corrected chi connectivity index (χ3v) is 5.94. The van der Waals surface area contributed by atoms with E-state index in [0.29, 0.717) is 17.4 Å². The third-order valence-electron chi connectivity index (χ3n) is 5.69. The van der Waals surface area contributed by atoms with Crippen molar-refractivity contribution in [2.45, 2.75) is 39.3 Å². The van der Waals surface area contributed by atoms with Crippen LogP contribution in [0, 0.1) is 13.8 Å². The van der Waals surface area contributed by atoms with E-state index in [1.807, 2.05) is 31.2 Å². The van der Waals surface area contributed by atoms with E-state index >= 15 is 0 Å². The van der Waals surface area contributed by atoms with E-state index in [1.165, 1.54) is 5.56 Å². The molecule has 30 heavy (non-hydrogen) atoms. The maximum atomic E-state index is 12.0. The van der Waals surface area contributed by atoms with Gasteiger partial charge >= 0.3 is 0 Å². The molecule has 0 bridgehead atoms. The van der Waals surface area contributed by atoms with Gasteiger partial charge in [0.15, 0.2) is 0 Å². The minimum absolute atomic E-state index is 0.106. The topological polar surface area (TPSA) is 73.9 Å². The molecule has 0 saturated carbocycles. The second-order valence-corrected chi connectivity index (χ2v) is 8.31. The summed E-state index contributed by atoms with van der Waals surface area (Å²) >= 11 is 5.97. The molecule has 0 radical (unpaired) electrons. The van der Waals surface area contributed by atoms with Crippen LogP contribution < -0.4 is 10.9 Å². The number of likely N-dealkylation sites (tertiary alicyclic amines) is 1. The molecular weight excluding hydrogens is 398 g/mol. The van der Waals surface area contributed by atoms with Crippen LogP contribution >= 0.6 is 11.6 Å². The molecule has 3 aromatic rings. The summed E-state index contributed by atoms with van der Waals surface area (Å²) < 4.78 is 0. The van der Waals surface area contributed by atoms with Crippen molar-refractivity contribution in [3.05, 3.63) is 74.8 Å². The van der Waals surface area contributed by atoms with E-state index in [4.69, 9.17) is 11.6 Å². The third kappa shape index (κ3) is 4.89. The maximum absolute atomic E-state index is 12.0. The summed E-state index contributed by atoms with van der Waals surface area (Å²) in [5, 5.41) is 4.31. The molecule has 0 spiro atoms. The molecule has 156 valence electrons. The standard InChI is InChI=1S/C23H26ClN5O/c1-15-16(2)26-22(28-23(15)30)18-5-8-21(25-13-18)27-20-9-11-29(12-10-20)14-17-3-6-19(24)7-4-17/h3-8,13,20H,9-12,14H2,1-2H3,(H,25,27)(H,26,28,30). The Morgan fingerprint density at radius 3 is 2.50 bits per heavy atom. The average molecular weight is 424 g/mol. The Bertz CT molecular complexity index is 1050. The lowest BCUT2D eigenvalue weighted by Gasteiger charge is -2.32. The number of hydrogen-bond acceptors (Lipinski definition) is 5. The summed E-state index contributed by atoms with van der Waals surface area (Å²) in [4.78, 5) is 26.3. The van der Waals surface area contributed by atoms with Crippen LogP contribution in [0.5, 0.6) is 0 Å². The summed E-state index contributed by atoms with van der Waals surface area (Å²) in [5.74, 6) is 1.40. The van der Waals surface area contributed by atoms with E-state index in [2.05, 4.69) is 37.3 Å². The molecule has 3 heterocycles. The average Bonchev–Trinajstić information content (AvgIpc) is 2.75. The van der Waals surface area contributed by atoms with Crippen LogP contribution in [-0.4, -0.2) is 39.0 Å². The number of aryl methyl sites for hydroxylation is 1. The Morgan fingerprint density at radius 2 is 1.87 bits per heavy atom. The molecular formula is C23H26ClN5O. The fourth-order valence-electron chi connectivity index (χ4n) is 3.69. The van der Waals surface area contributed by atoms with Crippen molar-refractivity contribution in [3.8, 4) is 11.4 Å². The van der Waals surface area contributed by atoms with Gasteiger partial charge in [0.2, 0.25) is 0 Å². The van der Waals surface area contributed by atoms with Crippen LogP contribution in [0.2, 0.25) is 5.02 Å². The first-order chi connectivity index (χ1) is 14.5. The normalized spacial score (nSPS) is 15.3. The number of aromatic nitrogens is 3. The highest BCUT2D eigenvalue weighted by Crippen LogP contribution is 2.20. The second kappa shape index (κ2) is 8.98. The number of nitrogens with one attached hydrogen (secondary N) is 2. The van der Waals surface area contributed by atoms with Gasteiger partial charge in [0.25, 0.3) is 5.56 Å². The van der Waals surface area contributed by atoms with Crippen LogP contribution in [0.3, 0.4) is 0 Å². The predicted molar refractivity (Wildman–Crippen MR) is 121 cm³/mol. The maximum Gasteiger partial charge on any atom is 0.254 e. The first kappa shape index (κ1) is 20.6. The highest BCUT2D eigenvalue weighted by atomic mass is 35.5. The summed E-state index contributed by atoms with van der Waals surface area (Å²) in [5.41, 5.74) is 3.37. The number of piperidine rings is 1. The fourth-order valence-corrected chi connectivity index (χ4v) is 3.82. The molecule has 1 aromatic carbocycles. The number of hydrogen-bond donors (Lipinski definition) is 2. The number of halogens is 1. The van der Waals surface area contributed by atoms with Gasteiger partial charge in [0.1, 0.15) is 11.6 Å². The van der Waals surface area contributed by atoms with Crippen LogP contribution in [0.1, 0.15) is 29.7 Å². The van der Waals surface area contributed by atoms with Gasteiger partial charge in [0, 0.05) is 53.7 Å². The molecule has 1 aliphatic heterocycles. The summed E-state index contributed by atoms with van der Waals surface area (Å²) in [6.45, 7) is 6.67. The van der Waals surface area contributed by atoms with Crippen molar-refractivity contribution >= 4 is 17.4 Å². The van der Waals surface area contributed by atoms with Gasteiger partial charge in [-0.3, -0.25) is 9.69 Å². The first-order valence-corrected chi connectivity index (χ1v) is 10.6. The van der Waals surface area contributed by atoms with Gasteiger partial charge < -0.3 is 10.3 Å². The van der Waals surface area contributed by atoms with Gasteiger partial charge in [0.05, 0.1) is 0 Å². The Morgan fingerprint density at radius 1 is 1.13 bits per heavy atom. The van der Waals surface area contributed by atoms with Crippen molar-refractivity contribution in [2.75, 3.05) is 18.4 Å². The molecule has 1 fully saturated rings. The molecule has 0 atom stereocenters. The molecule has 0 aliphatic carbocycles. The van der Waals surface area contributed by atoms with Crippen LogP contribution in [0.15, 0.2) is 47.4 Å². The van der Waals surface area contributed by atoms with E-state index < -0.39 is 0 Å². The lowest BCUT2D eigenvalue weighted by Crippen LogP contribution is -2.38. The second-order valence-electron chi connectivity index (χ2n) is 7.88. The molecule has 0 amide bonds. The zero-order chi connectivity index (χ0) is 21.1. The van der Waals surface area contributed by atoms with Crippen LogP contribution in [-0.2, 0) is 6.54 Å². The number of nitrogens with zero attached hydrogens (tertiary/aromatic N) is 3. The molecule has 7 heteroatoms. The number of aromatic amines is 1. The highest BCUT2D eigenvalue weighted by Gasteiger charge is 2.19. The number of H-pyrrole nitrogens is 1. The number of benzene rings is 1. The van der Waals surface area contributed by atoms with E-state index in [0.717, 1.165) is 54.6 Å². The monoisotopic (exact) mass is 423 g/mol. The van der Waals surface area contributed by atoms with Gasteiger partial charge in [-0.2, -0.15) is 0 Å². The summed E-state index contributed by atoms with van der Waals surface area (Å²) in [6.07, 6.45) is 3.90. The summed E-state index contributed by atoms with van der Waals surface area (Å²) in [7, 11) is 0. The van der Waals surface area contributed by atoms with Crippen molar-refractivity contribution in [2.24, 2.45) is 0 Å². The Hall–Kier alpha value is -2.70. The predicted octanol–water partition coefficient (Wildman–Crippen LogP) is 4.18. The van der Waals surface area contributed by atoms with Gasteiger partial charge in [-0.25, -0.2) is 9.97 Å². The van der Waals surface area contributed by atoms with Crippen LogP contribution in [0.4, 0.5) is 5.82 Å². The van der Waals surface area contributed by atoms with Gasteiger partial charge in [-0.15, -0.1) is 0 Å². The molecule has 4 rings (SSSR count). The first-order valence-electron chi connectivity index (χ1n) is 10.3. The highest BCUT2D eigenvalue weighted by molar-refractivity contribution is 6.30.